The van der Waals surface area contributed by atoms with E-state index < -0.39 is 37.1 Å². The molecule has 0 nitrogen and oxygen atoms in total. The highest BCUT2D eigenvalue weighted by Gasteiger charge is 2.41. The van der Waals surface area contributed by atoms with E-state index in [1.54, 1.807) is 6.92 Å². The molecule has 2 unspecified atom stereocenters. The lowest BCUT2D eigenvalue weighted by Crippen LogP contribution is -2.22. The van der Waals surface area contributed by atoms with Crippen molar-refractivity contribution in [1.29, 1.82) is 0 Å². The number of hydrogen-bond acceptors (Lipinski definition) is 0. The summed E-state index contributed by atoms with van der Waals surface area (Å²) in [6.45, 7) is 5.88. The second-order valence-electron chi connectivity index (χ2n) is 6.16. The van der Waals surface area contributed by atoms with E-state index in [1.165, 1.54) is 0 Å². The largest absolute Gasteiger partial charge is 0.422 e. The van der Waals surface area contributed by atoms with Crippen LogP contribution in [0.2, 0.25) is 0 Å². The minimum atomic E-state index is -5.26. The van der Waals surface area contributed by atoms with Gasteiger partial charge in [0.2, 0.25) is 0 Å². The van der Waals surface area contributed by atoms with E-state index in [0.29, 0.717) is 24.3 Å². The Bertz CT molecular complexity index is 555. The Morgan fingerprint density at radius 2 is 1.64 bits per heavy atom. The summed E-state index contributed by atoms with van der Waals surface area (Å²) in [6, 6.07) is 0.613. The quantitative estimate of drug-likeness (QED) is 0.247. The summed E-state index contributed by atoms with van der Waals surface area (Å²) >= 11 is 0. The summed E-state index contributed by atoms with van der Waals surface area (Å²) in [7, 11) is -1.30. The Balaban J connectivity index is 3.09. The summed E-state index contributed by atoms with van der Waals surface area (Å²) in [5.41, 5.74) is -2.11. The van der Waals surface area contributed by atoms with Crippen molar-refractivity contribution < 1.29 is 26.3 Å². The molecule has 0 saturated carbocycles. The normalized spacial score (nSPS) is 14.6. The Morgan fingerprint density at radius 1 is 1.00 bits per heavy atom. The molecule has 0 aliphatic heterocycles. The third-order valence-corrected chi connectivity index (χ3v) is 7.06. The summed E-state index contributed by atoms with van der Waals surface area (Å²) < 4.78 is 80.2. The van der Waals surface area contributed by atoms with Crippen molar-refractivity contribution in [2.45, 2.75) is 59.1 Å². The molecule has 0 fully saturated rings. The van der Waals surface area contributed by atoms with E-state index in [0.717, 1.165) is 32.1 Å². The molecule has 2 atom stereocenters. The van der Waals surface area contributed by atoms with Crippen LogP contribution in [0.4, 0.5) is 26.3 Å². The number of rotatable bonds is 9. The SMILES string of the molecule is CCCCC(CC)CCP(CC)c1cc(F)c(F)c(C(F)(F)F)c1F. The van der Waals surface area contributed by atoms with Crippen LogP contribution in [0.3, 0.4) is 0 Å². The van der Waals surface area contributed by atoms with Gasteiger partial charge in [0.05, 0.1) is 0 Å². The molecule has 0 bridgehead atoms. The van der Waals surface area contributed by atoms with Crippen LogP contribution in [0.25, 0.3) is 0 Å². The standard InChI is InChI=1S/C18H25F6P/c1-4-7-8-12(5-2)9-10-25(6-3)14-11-13(19)16(20)15(17(14)21)18(22,23)24/h11-12H,4-10H2,1-3H3. The third-order valence-electron chi connectivity index (χ3n) is 4.49. The molecule has 1 aromatic carbocycles. The first-order chi connectivity index (χ1) is 11.7. The molecule has 0 amide bonds. The van der Waals surface area contributed by atoms with Crippen LogP contribution in [-0.2, 0) is 6.18 Å². The number of unbranched alkanes of at least 4 members (excludes halogenated alkanes) is 1. The van der Waals surface area contributed by atoms with Gasteiger partial charge in [-0.3, -0.25) is 0 Å². The van der Waals surface area contributed by atoms with Gasteiger partial charge in [-0.15, -0.1) is 0 Å². The van der Waals surface area contributed by atoms with Crippen molar-refractivity contribution in [3.63, 3.8) is 0 Å². The molecule has 0 aliphatic rings. The summed E-state index contributed by atoms with van der Waals surface area (Å²) in [5, 5.41) is -0.311. The molecule has 1 aromatic rings. The first-order valence-electron chi connectivity index (χ1n) is 8.66. The second-order valence-corrected chi connectivity index (χ2v) is 8.80. The first kappa shape index (κ1) is 22.3. The fraction of sp³-hybridized carbons (Fsp3) is 0.667. The van der Waals surface area contributed by atoms with Crippen LogP contribution >= 0.6 is 7.92 Å². The van der Waals surface area contributed by atoms with Crippen LogP contribution in [0.15, 0.2) is 6.07 Å². The Morgan fingerprint density at radius 3 is 2.12 bits per heavy atom. The van der Waals surface area contributed by atoms with Gasteiger partial charge in [-0.1, -0.05) is 54.4 Å². The predicted molar refractivity (Wildman–Crippen MR) is 91.2 cm³/mol. The molecule has 0 saturated heterocycles. The van der Waals surface area contributed by atoms with Crippen molar-refractivity contribution in [2.75, 3.05) is 12.3 Å². The van der Waals surface area contributed by atoms with Gasteiger partial charge in [-0.05, 0) is 30.7 Å². The Kier molecular flexibility index (Phi) is 8.73. The zero-order valence-electron chi connectivity index (χ0n) is 14.8. The Hall–Kier alpha value is -0.770. The summed E-state index contributed by atoms with van der Waals surface area (Å²) in [4.78, 5) is 0. The molecule has 0 spiro atoms. The Labute approximate surface area is 146 Å². The highest BCUT2D eigenvalue weighted by molar-refractivity contribution is 7.65. The van der Waals surface area contributed by atoms with Crippen molar-refractivity contribution in [3.05, 3.63) is 29.1 Å². The smallest absolute Gasteiger partial charge is 0.206 e. The van der Waals surface area contributed by atoms with Crippen LogP contribution in [0, 0.1) is 23.4 Å². The first-order valence-corrected chi connectivity index (χ1v) is 10.4. The molecule has 0 radical (unpaired) electrons. The molecule has 0 heterocycles. The maximum atomic E-state index is 14.3. The number of halogens is 6. The van der Waals surface area contributed by atoms with Gasteiger partial charge < -0.3 is 0 Å². The maximum absolute atomic E-state index is 14.3. The molecular formula is C18H25F6P. The summed E-state index contributed by atoms with van der Waals surface area (Å²) in [5.74, 6) is -5.02. The minimum absolute atomic E-state index is 0.311. The zero-order chi connectivity index (χ0) is 19.2. The minimum Gasteiger partial charge on any atom is -0.206 e. The van der Waals surface area contributed by atoms with Crippen molar-refractivity contribution >= 4 is 13.2 Å². The van der Waals surface area contributed by atoms with Gasteiger partial charge in [0, 0.05) is 5.30 Å². The summed E-state index contributed by atoms with van der Waals surface area (Å²) in [6.07, 6.45) is 0.551. The van der Waals surface area contributed by atoms with E-state index in [-0.39, 0.29) is 5.30 Å². The average molecular weight is 386 g/mol. The average Bonchev–Trinajstić information content (AvgIpc) is 2.54. The second kappa shape index (κ2) is 9.80. The third kappa shape index (κ3) is 5.87. The number of benzene rings is 1. The lowest BCUT2D eigenvalue weighted by molar-refractivity contribution is -0.142. The molecule has 144 valence electrons. The predicted octanol–water partition coefficient (Wildman–Crippen LogP) is 6.86. The van der Waals surface area contributed by atoms with Gasteiger partial charge in [-0.25, -0.2) is 13.2 Å². The molecule has 0 aliphatic carbocycles. The van der Waals surface area contributed by atoms with E-state index >= 15 is 0 Å². The molecule has 0 aromatic heterocycles. The lowest BCUT2D eigenvalue weighted by Gasteiger charge is -2.22. The van der Waals surface area contributed by atoms with Crippen molar-refractivity contribution in [2.24, 2.45) is 5.92 Å². The molecule has 7 heteroatoms. The molecule has 0 N–H and O–H groups in total. The van der Waals surface area contributed by atoms with Crippen LogP contribution in [-0.4, -0.2) is 12.3 Å². The fourth-order valence-corrected chi connectivity index (χ4v) is 5.16. The fourth-order valence-electron chi connectivity index (χ4n) is 2.90. The van der Waals surface area contributed by atoms with Crippen LogP contribution < -0.4 is 5.30 Å². The van der Waals surface area contributed by atoms with Gasteiger partial charge in [0.1, 0.15) is 11.4 Å². The highest BCUT2D eigenvalue weighted by Crippen LogP contribution is 2.42. The van der Waals surface area contributed by atoms with Gasteiger partial charge in [-0.2, -0.15) is 13.2 Å². The zero-order valence-corrected chi connectivity index (χ0v) is 15.7. The van der Waals surface area contributed by atoms with Crippen LogP contribution in [0.1, 0.15) is 58.4 Å². The molecule has 1 rings (SSSR count). The van der Waals surface area contributed by atoms with E-state index in [2.05, 4.69) is 13.8 Å². The van der Waals surface area contributed by atoms with Crippen LogP contribution in [0.5, 0.6) is 0 Å². The molecular weight excluding hydrogens is 361 g/mol. The number of alkyl halides is 3. The topological polar surface area (TPSA) is 0 Å². The van der Waals surface area contributed by atoms with Gasteiger partial charge in [0.25, 0.3) is 0 Å². The van der Waals surface area contributed by atoms with E-state index in [9.17, 15) is 26.3 Å². The van der Waals surface area contributed by atoms with E-state index in [4.69, 9.17) is 0 Å². The highest BCUT2D eigenvalue weighted by atomic mass is 31.1. The van der Waals surface area contributed by atoms with E-state index in [1.807, 2.05) is 0 Å². The lowest BCUT2D eigenvalue weighted by atomic mass is 9.97. The van der Waals surface area contributed by atoms with Crippen molar-refractivity contribution in [3.8, 4) is 0 Å². The molecule has 25 heavy (non-hydrogen) atoms. The monoisotopic (exact) mass is 386 g/mol. The van der Waals surface area contributed by atoms with Crippen molar-refractivity contribution in [1.82, 2.24) is 0 Å². The number of hydrogen-bond donors (Lipinski definition) is 0. The van der Waals surface area contributed by atoms with Gasteiger partial charge in [0.15, 0.2) is 11.6 Å². The maximum Gasteiger partial charge on any atom is 0.422 e. The van der Waals surface area contributed by atoms with Gasteiger partial charge >= 0.3 is 6.18 Å².